The molecule has 0 heterocycles. The Morgan fingerprint density at radius 1 is 1.16 bits per heavy atom. The molecule has 1 N–H and O–H groups in total. The Morgan fingerprint density at radius 3 is 2.37 bits per heavy atom. The number of thioether (sulfide) groups is 1. The largest absolute Gasteiger partial charge is 0.312 e. The zero-order valence-electron chi connectivity index (χ0n) is 12.7. The van der Waals surface area contributed by atoms with Crippen molar-refractivity contribution in [1.29, 1.82) is 0 Å². The molecule has 0 aromatic heterocycles. The summed E-state index contributed by atoms with van der Waals surface area (Å²) >= 11 is 8.25. The quantitative estimate of drug-likeness (QED) is 0.693. The summed E-state index contributed by atoms with van der Waals surface area (Å²) < 4.78 is 0. The van der Waals surface area contributed by atoms with Crippen LogP contribution in [0.3, 0.4) is 0 Å². The molecule has 1 aromatic carbocycles. The lowest BCUT2D eigenvalue weighted by Gasteiger charge is -2.16. The van der Waals surface area contributed by atoms with Gasteiger partial charge in [-0.3, -0.25) is 0 Å². The smallest absolute Gasteiger partial charge is 0.0462 e. The summed E-state index contributed by atoms with van der Waals surface area (Å²) in [5.41, 5.74) is 1.18. The van der Waals surface area contributed by atoms with E-state index in [0.717, 1.165) is 18.1 Å². The number of hydrogen-bond donors (Lipinski definition) is 1. The molecule has 19 heavy (non-hydrogen) atoms. The molecule has 0 spiro atoms. The zero-order valence-corrected chi connectivity index (χ0v) is 14.2. The van der Waals surface area contributed by atoms with E-state index in [0.29, 0.717) is 17.1 Å². The van der Waals surface area contributed by atoms with E-state index in [-0.39, 0.29) is 0 Å². The van der Waals surface area contributed by atoms with Crippen LogP contribution in [0.15, 0.2) is 23.1 Å². The lowest BCUT2D eigenvalue weighted by Crippen LogP contribution is -2.19. The van der Waals surface area contributed by atoms with Gasteiger partial charge in [-0.05, 0) is 36.1 Å². The van der Waals surface area contributed by atoms with Crippen molar-refractivity contribution in [2.75, 3.05) is 6.54 Å². The zero-order chi connectivity index (χ0) is 14.4. The predicted molar refractivity (Wildman–Crippen MR) is 88.2 cm³/mol. The van der Waals surface area contributed by atoms with Crippen molar-refractivity contribution in [3.05, 3.63) is 28.8 Å². The maximum Gasteiger partial charge on any atom is 0.0462 e. The van der Waals surface area contributed by atoms with Gasteiger partial charge < -0.3 is 5.32 Å². The van der Waals surface area contributed by atoms with E-state index in [1.54, 1.807) is 0 Å². The normalized spacial score (nSPS) is 13.3. The van der Waals surface area contributed by atoms with Gasteiger partial charge in [0, 0.05) is 21.7 Å². The maximum atomic E-state index is 6.35. The first-order valence-electron chi connectivity index (χ1n) is 7.06. The minimum atomic E-state index is 0.612. The lowest BCUT2D eigenvalue weighted by atomic mass is 10.2. The van der Waals surface area contributed by atoms with Crippen LogP contribution in [0.25, 0.3) is 0 Å². The molecule has 0 saturated heterocycles. The Labute approximate surface area is 127 Å². The Balaban J connectivity index is 2.59. The SMILES string of the molecule is CC(C)CNCc1ccc(SC(C)C(C)C)cc1Cl. The molecule has 1 atom stereocenters. The van der Waals surface area contributed by atoms with Crippen LogP contribution in [-0.2, 0) is 6.54 Å². The molecule has 0 bridgehead atoms. The summed E-state index contributed by atoms with van der Waals surface area (Å²) in [7, 11) is 0. The fourth-order valence-corrected chi connectivity index (χ4v) is 2.94. The van der Waals surface area contributed by atoms with Gasteiger partial charge in [0.15, 0.2) is 0 Å². The maximum absolute atomic E-state index is 6.35. The van der Waals surface area contributed by atoms with Gasteiger partial charge in [-0.15, -0.1) is 11.8 Å². The Bertz CT molecular complexity index is 390. The molecule has 0 aliphatic carbocycles. The second kappa shape index (κ2) is 8.18. The van der Waals surface area contributed by atoms with Crippen molar-refractivity contribution in [3.63, 3.8) is 0 Å². The van der Waals surface area contributed by atoms with Crippen molar-refractivity contribution >= 4 is 23.4 Å². The van der Waals surface area contributed by atoms with Gasteiger partial charge in [0.05, 0.1) is 0 Å². The van der Waals surface area contributed by atoms with Crippen LogP contribution in [0.5, 0.6) is 0 Å². The average Bonchev–Trinajstić information content (AvgIpc) is 2.31. The van der Waals surface area contributed by atoms with Crippen molar-refractivity contribution in [1.82, 2.24) is 5.32 Å². The van der Waals surface area contributed by atoms with Crippen molar-refractivity contribution in [2.45, 2.75) is 51.3 Å². The summed E-state index contributed by atoms with van der Waals surface area (Å²) in [6.07, 6.45) is 0. The molecule has 0 aliphatic rings. The second-order valence-corrected chi connectivity index (χ2v) is 7.70. The summed E-state index contributed by atoms with van der Waals surface area (Å²) in [5.74, 6) is 1.34. The van der Waals surface area contributed by atoms with Crippen LogP contribution in [0, 0.1) is 11.8 Å². The van der Waals surface area contributed by atoms with Crippen LogP contribution in [0.1, 0.15) is 40.2 Å². The monoisotopic (exact) mass is 299 g/mol. The van der Waals surface area contributed by atoms with Crippen molar-refractivity contribution in [2.24, 2.45) is 11.8 Å². The molecule has 1 rings (SSSR count). The van der Waals surface area contributed by atoms with Crippen molar-refractivity contribution < 1.29 is 0 Å². The molecule has 1 unspecified atom stereocenters. The highest BCUT2D eigenvalue weighted by atomic mass is 35.5. The minimum absolute atomic E-state index is 0.612. The van der Waals surface area contributed by atoms with Crippen LogP contribution in [0.2, 0.25) is 5.02 Å². The Hall–Kier alpha value is -0.180. The van der Waals surface area contributed by atoms with Crippen LogP contribution in [0.4, 0.5) is 0 Å². The summed E-state index contributed by atoms with van der Waals surface area (Å²) in [4.78, 5) is 1.26. The van der Waals surface area contributed by atoms with Gasteiger partial charge in [-0.25, -0.2) is 0 Å². The molecule has 1 nitrogen and oxygen atoms in total. The van der Waals surface area contributed by atoms with Gasteiger partial charge in [0.1, 0.15) is 0 Å². The Morgan fingerprint density at radius 2 is 1.84 bits per heavy atom. The molecular formula is C16H26ClNS. The number of rotatable bonds is 7. The van der Waals surface area contributed by atoms with E-state index in [2.05, 4.69) is 58.1 Å². The molecule has 3 heteroatoms. The van der Waals surface area contributed by atoms with Gasteiger partial charge in [0.25, 0.3) is 0 Å². The molecule has 0 amide bonds. The molecule has 0 radical (unpaired) electrons. The molecule has 0 fully saturated rings. The third kappa shape index (κ3) is 6.20. The van der Waals surface area contributed by atoms with E-state index < -0.39 is 0 Å². The van der Waals surface area contributed by atoms with Gasteiger partial charge >= 0.3 is 0 Å². The van der Waals surface area contributed by atoms with Gasteiger partial charge in [0.2, 0.25) is 0 Å². The summed E-state index contributed by atoms with van der Waals surface area (Å²) in [6, 6.07) is 6.42. The highest BCUT2D eigenvalue weighted by Crippen LogP contribution is 2.30. The number of nitrogens with one attached hydrogen (secondary N) is 1. The van der Waals surface area contributed by atoms with Gasteiger partial charge in [-0.1, -0.05) is 52.3 Å². The van der Waals surface area contributed by atoms with Crippen LogP contribution < -0.4 is 5.32 Å². The first-order valence-corrected chi connectivity index (χ1v) is 8.31. The van der Waals surface area contributed by atoms with Gasteiger partial charge in [-0.2, -0.15) is 0 Å². The third-order valence-electron chi connectivity index (χ3n) is 3.15. The van der Waals surface area contributed by atoms with E-state index in [9.17, 15) is 0 Å². The third-order valence-corrected chi connectivity index (χ3v) is 4.95. The molecule has 0 aliphatic heterocycles. The molecule has 108 valence electrons. The van der Waals surface area contributed by atoms with Crippen LogP contribution in [-0.4, -0.2) is 11.8 Å². The first kappa shape index (κ1) is 16.9. The molecular weight excluding hydrogens is 274 g/mol. The van der Waals surface area contributed by atoms with Crippen molar-refractivity contribution in [3.8, 4) is 0 Å². The highest BCUT2D eigenvalue weighted by molar-refractivity contribution is 8.00. The summed E-state index contributed by atoms with van der Waals surface area (Å²) in [6.45, 7) is 13.1. The minimum Gasteiger partial charge on any atom is -0.312 e. The number of hydrogen-bond acceptors (Lipinski definition) is 2. The average molecular weight is 300 g/mol. The van der Waals surface area contributed by atoms with E-state index in [1.807, 2.05) is 11.8 Å². The fourth-order valence-electron chi connectivity index (χ4n) is 1.59. The lowest BCUT2D eigenvalue weighted by molar-refractivity contribution is 0.552. The number of benzene rings is 1. The second-order valence-electron chi connectivity index (χ2n) is 5.84. The summed E-state index contributed by atoms with van der Waals surface area (Å²) in [5, 5.41) is 4.91. The van der Waals surface area contributed by atoms with Crippen LogP contribution >= 0.6 is 23.4 Å². The fraction of sp³-hybridized carbons (Fsp3) is 0.625. The highest BCUT2D eigenvalue weighted by Gasteiger charge is 2.10. The van der Waals surface area contributed by atoms with E-state index in [4.69, 9.17) is 11.6 Å². The standard InChI is InChI=1S/C16H26ClNS/c1-11(2)9-18-10-14-6-7-15(8-16(14)17)19-13(5)12(3)4/h6-8,11-13,18H,9-10H2,1-5H3. The van der Waals surface area contributed by atoms with E-state index >= 15 is 0 Å². The topological polar surface area (TPSA) is 12.0 Å². The first-order chi connectivity index (χ1) is 8.90. The molecule has 1 aromatic rings. The predicted octanol–water partition coefficient (Wildman–Crippen LogP) is 5.22. The number of halogens is 1. The Kier molecular flexibility index (Phi) is 7.27. The van der Waals surface area contributed by atoms with E-state index in [1.165, 1.54) is 10.5 Å². The molecule has 0 saturated carbocycles.